The van der Waals surface area contributed by atoms with Crippen molar-refractivity contribution in [3.63, 3.8) is 0 Å². The van der Waals surface area contributed by atoms with Gasteiger partial charge in [-0.1, -0.05) is 0 Å². The van der Waals surface area contributed by atoms with Gasteiger partial charge in [0.05, 0.1) is 6.10 Å². The van der Waals surface area contributed by atoms with Gasteiger partial charge in [-0.3, -0.25) is 0 Å². The first kappa shape index (κ1) is 11.6. The van der Waals surface area contributed by atoms with Gasteiger partial charge in [-0.25, -0.2) is 0 Å². The summed E-state index contributed by atoms with van der Waals surface area (Å²) in [5.41, 5.74) is 9.27. The number of hydrogen-bond donors (Lipinski definition) is 3. The van der Waals surface area contributed by atoms with Gasteiger partial charge >= 0.3 is 0 Å². The van der Waals surface area contributed by atoms with Gasteiger partial charge in [0.1, 0.15) is 12.4 Å². The van der Waals surface area contributed by atoms with Gasteiger partial charge in [0.15, 0.2) is 0 Å². The molecule has 0 radical (unpaired) electrons. The van der Waals surface area contributed by atoms with Crippen LogP contribution in [0, 0.1) is 0 Å². The summed E-state index contributed by atoms with van der Waals surface area (Å²) < 4.78 is 5.58. The number of benzene rings is 1. The van der Waals surface area contributed by atoms with Crippen LogP contribution in [0.1, 0.15) is 18.1 Å². The fraction of sp³-hybridized carbons (Fsp3) is 0.429. The molecule has 4 nitrogen and oxygen atoms in total. The molecule has 0 saturated heterocycles. The van der Waals surface area contributed by atoms with E-state index in [0.29, 0.717) is 13.0 Å². The second-order valence-corrected chi connectivity index (χ2v) is 5.13. The molecule has 18 heavy (non-hydrogen) atoms. The Bertz CT molecular complexity index is 574. The summed E-state index contributed by atoms with van der Waals surface area (Å²) in [6.07, 6.45) is 3.07. The van der Waals surface area contributed by atoms with E-state index in [4.69, 9.17) is 10.5 Å². The maximum Gasteiger partial charge on any atom is 0.123 e. The molecule has 1 aromatic carbocycles. The molecule has 96 valence electrons. The summed E-state index contributed by atoms with van der Waals surface area (Å²) in [6.45, 7) is 2.38. The zero-order chi connectivity index (χ0) is 12.7. The maximum atomic E-state index is 9.77. The van der Waals surface area contributed by atoms with Gasteiger partial charge in [-0.15, -0.1) is 0 Å². The maximum absolute atomic E-state index is 9.77. The number of aromatic amines is 1. The molecule has 0 amide bonds. The van der Waals surface area contributed by atoms with Crippen molar-refractivity contribution < 1.29 is 9.84 Å². The van der Waals surface area contributed by atoms with Crippen LogP contribution in [-0.2, 0) is 12.8 Å². The third kappa shape index (κ3) is 1.87. The van der Waals surface area contributed by atoms with Gasteiger partial charge in [0, 0.05) is 35.1 Å². The predicted molar refractivity (Wildman–Crippen MR) is 70.9 cm³/mol. The number of ether oxygens (including phenoxy) is 1. The summed E-state index contributed by atoms with van der Waals surface area (Å²) >= 11 is 0. The summed E-state index contributed by atoms with van der Waals surface area (Å²) in [4.78, 5) is 3.27. The molecule has 0 aliphatic carbocycles. The van der Waals surface area contributed by atoms with E-state index < -0.39 is 6.10 Å². The van der Waals surface area contributed by atoms with E-state index in [1.165, 1.54) is 10.9 Å². The zero-order valence-corrected chi connectivity index (χ0v) is 10.4. The number of nitrogens with two attached hydrogens (primary N) is 1. The van der Waals surface area contributed by atoms with Crippen molar-refractivity contribution in [1.82, 2.24) is 4.98 Å². The molecule has 1 aliphatic heterocycles. The van der Waals surface area contributed by atoms with Crippen molar-refractivity contribution in [2.45, 2.75) is 31.9 Å². The molecule has 1 aromatic heterocycles. The highest BCUT2D eigenvalue weighted by atomic mass is 16.5. The number of aromatic nitrogens is 1. The van der Waals surface area contributed by atoms with E-state index in [1.807, 2.05) is 25.3 Å². The Labute approximate surface area is 106 Å². The van der Waals surface area contributed by atoms with Crippen molar-refractivity contribution in [2.75, 3.05) is 6.61 Å². The lowest BCUT2D eigenvalue weighted by atomic mass is 9.96. The van der Waals surface area contributed by atoms with E-state index in [2.05, 4.69) is 4.98 Å². The lowest BCUT2D eigenvalue weighted by Crippen LogP contribution is -2.25. The molecule has 2 heterocycles. The fourth-order valence-corrected chi connectivity index (χ4v) is 2.68. The first-order valence-corrected chi connectivity index (χ1v) is 6.33. The second-order valence-electron chi connectivity index (χ2n) is 5.13. The van der Waals surface area contributed by atoms with Crippen LogP contribution in [0.2, 0.25) is 0 Å². The minimum absolute atomic E-state index is 0.120. The van der Waals surface area contributed by atoms with Gasteiger partial charge in [-0.05, 0) is 31.0 Å². The van der Waals surface area contributed by atoms with Gasteiger partial charge in [0.2, 0.25) is 0 Å². The van der Waals surface area contributed by atoms with Crippen LogP contribution in [0.25, 0.3) is 10.9 Å². The summed E-state index contributed by atoms with van der Waals surface area (Å²) in [5.74, 6) is 0.887. The molecule has 1 aliphatic rings. The third-order valence-electron chi connectivity index (χ3n) is 3.41. The predicted octanol–water partition coefficient (Wildman–Crippen LogP) is 1.35. The molecule has 0 saturated carbocycles. The van der Waals surface area contributed by atoms with Crippen LogP contribution >= 0.6 is 0 Å². The minimum atomic E-state index is -0.416. The van der Waals surface area contributed by atoms with E-state index in [9.17, 15) is 5.11 Å². The van der Waals surface area contributed by atoms with E-state index in [1.54, 1.807) is 0 Å². The van der Waals surface area contributed by atoms with Gasteiger partial charge in [-0.2, -0.15) is 0 Å². The summed E-state index contributed by atoms with van der Waals surface area (Å²) in [5, 5.41) is 10.9. The first-order chi connectivity index (χ1) is 8.65. The smallest absolute Gasteiger partial charge is 0.123 e. The molecular formula is C14H18N2O2. The van der Waals surface area contributed by atoms with Crippen LogP contribution in [0.4, 0.5) is 0 Å². The molecular weight excluding hydrogens is 228 g/mol. The van der Waals surface area contributed by atoms with Gasteiger partial charge in [0.25, 0.3) is 0 Å². The number of fused-ring (bicyclic) bond motifs is 3. The molecule has 3 rings (SSSR count). The molecule has 4 heteroatoms. The average molecular weight is 246 g/mol. The molecule has 4 N–H and O–H groups in total. The normalized spacial score (nSPS) is 20.5. The summed E-state index contributed by atoms with van der Waals surface area (Å²) in [7, 11) is 0. The molecule has 2 unspecified atom stereocenters. The molecule has 0 spiro atoms. The van der Waals surface area contributed by atoms with Gasteiger partial charge < -0.3 is 20.6 Å². The Kier molecular flexibility index (Phi) is 2.76. The summed E-state index contributed by atoms with van der Waals surface area (Å²) in [6, 6.07) is 4.11. The molecule has 2 atom stereocenters. The number of nitrogens with one attached hydrogen (secondary N) is 1. The number of H-pyrrole nitrogens is 1. The molecule has 2 aromatic rings. The number of hydrogen-bond acceptors (Lipinski definition) is 3. The lowest BCUT2D eigenvalue weighted by Gasteiger charge is -2.23. The number of aliphatic hydroxyl groups excluding tert-OH is 1. The first-order valence-electron chi connectivity index (χ1n) is 6.33. The number of aliphatic hydroxyl groups is 1. The van der Waals surface area contributed by atoms with Crippen molar-refractivity contribution in [2.24, 2.45) is 5.73 Å². The van der Waals surface area contributed by atoms with Crippen LogP contribution < -0.4 is 10.5 Å². The quantitative estimate of drug-likeness (QED) is 0.749. The Balaban J connectivity index is 2.16. The topological polar surface area (TPSA) is 71.3 Å². The highest BCUT2D eigenvalue weighted by Crippen LogP contribution is 2.34. The zero-order valence-electron chi connectivity index (χ0n) is 10.4. The SMILES string of the molecule is CC(N)Cc1c[nH]c2ccc3c(c12)CC(O)CO3. The Morgan fingerprint density at radius 1 is 1.56 bits per heavy atom. The average Bonchev–Trinajstić information content (AvgIpc) is 2.72. The standard InChI is InChI=1S/C14H18N2O2/c1-8(15)4-9-6-16-12-2-3-13-11(14(9)12)5-10(17)7-18-13/h2-3,6,8,10,16-17H,4-5,7,15H2,1H3. The monoisotopic (exact) mass is 246 g/mol. The number of rotatable bonds is 2. The van der Waals surface area contributed by atoms with Crippen molar-refractivity contribution in [1.29, 1.82) is 0 Å². The second kappa shape index (κ2) is 4.30. The highest BCUT2D eigenvalue weighted by Gasteiger charge is 2.22. The third-order valence-corrected chi connectivity index (χ3v) is 3.41. The van der Waals surface area contributed by atoms with Crippen LogP contribution in [-0.4, -0.2) is 28.8 Å². The van der Waals surface area contributed by atoms with Crippen LogP contribution in [0.3, 0.4) is 0 Å². The Hall–Kier alpha value is -1.52. The van der Waals surface area contributed by atoms with E-state index in [-0.39, 0.29) is 6.04 Å². The van der Waals surface area contributed by atoms with Crippen molar-refractivity contribution in [3.05, 3.63) is 29.5 Å². The molecule has 0 fully saturated rings. The van der Waals surface area contributed by atoms with E-state index in [0.717, 1.165) is 23.3 Å². The minimum Gasteiger partial charge on any atom is -0.491 e. The van der Waals surface area contributed by atoms with Crippen molar-refractivity contribution >= 4 is 10.9 Å². The van der Waals surface area contributed by atoms with Crippen molar-refractivity contribution in [3.8, 4) is 5.75 Å². The Morgan fingerprint density at radius 3 is 3.17 bits per heavy atom. The highest BCUT2D eigenvalue weighted by molar-refractivity contribution is 5.89. The van der Waals surface area contributed by atoms with Crippen LogP contribution in [0.15, 0.2) is 18.3 Å². The Morgan fingerprint density at radius 2 is 2.39 bits per heavy atom. The van der Waals surface area contributed by atoms with E-state index >= 15 is 0 Å². The molecule has 0 bridgehead atoms. The fourth-order valence-electron chi connectivity index (χ4n) is 2.68. The largest absolute Gasteiger partial charge is 0.491 e. The lowest BCUT2D eigenvalue weighted by molar-refractivity contribution is 0.0927. The van der Waals surface area contributed by atoms with Crippen LogP contribution in [0.5, 0.6) is 5.75 Å².